The van der Waals surface area contributed by atoms with Gasteiger partial charge in [-0.15, -0.1) is 0 Å². The van der Waals surface area contributed by atoms with Gasteiger partial charge in [-0.3, -0.25) is 4.79 Å². The fourth-order valence-corrected chi connectivity index (χ4v) is 4.95. The molecule has 0 unspecified atom stereocenters. The fraction of sp³-hybridized carbons (Fsp3) is 0.375. The van der Waals surface area contributed by atoms with Crippen molar-refractivity contribution in [1.82, 2.24) is 10.3 Å². The van der Waals surface area contributed by atoms with Crippen molar-refractivity contribution in [3.63, 3.8) is 0 Å². The summed E-state index contributed by atoms with van der Waals surface area (Å²) in [6.45, 7) is 6.24. The molecule has 1 aromatic heterocycles. The van der Waals surface area contributed by atoms with E-state index in [1.165, 1.54) is 25.3 Å². The number of halogens is 1. The number of nitrogens with one attached hydrogen (secondary N) is 3. The van der Waals surface area contributed by atoms with Gasteiger partial charge < -0.3 is 20.5 Å². The predicted octanol–water partition coefficient (Wildman–Crippen LogP) is 4.45. The topological polar surface area (TPSA) is 60.2 Å². The quantitative estimate of drug-likeness (QED) is 0.602. The number of nitrogens with zero attached hydrogens (tertiary/aromatic N) is 1. The molecule has 0 atom stereocenters. The summed E-state index contributed by atoms with van der Waals surface area (Å²) >= 11 is 0. The number of aromatic amines is 1. The maximum atomic E-state index is 14.1. The lowest BCUT2D eigenvalue weighted by molar-refractivity contribution is 0.102. The van der Waals surface area contributed by atoms with Crippen molar-refractivity contribution in [1.29, 1.82) is 0 Å². The molecule has 2 aliphatic heterocycles. The van der Waals surface area contributed by atoms with Crippen LogP contribution in [0.25, 0.3) is 10.9 Å². The van der Waals surface area contributed by atoms with E-state index in [1.54, 1.807) is 12.1 Å². The lowest BCUT2D eigenvalue weighted by atomic mass is 9.78. The molecule has 30 heavy (non-hydrogen) atoms. The molecule has 1 amide bonds. The van der Waals surface area contributed by atoms with E-state index in [9.17, 15) is 9.18 Å². The van der Waals surface area contributed by atoms with Crippen LogP contribution in [0.1, 0.15) is 35.3 Å². The van der Waals surface area contributed by atoms with E-state index in [0.717, 1.165) is 43.1 Å². The van der Waals surface area contributed by atoms with E-state index in [0.29, 0.717) is 22.0 Å². The van der Waals surface area contributed by atoms with Crippen molar-refractivity contribution in [2.24, 2.45) is 5.41 Å². The molecule has 0 saturated carbocycles. The summed E-state index contributed by atoms with van der Waals surface area (Å²) in [6, 6.07) is 12.7. The Morgan fingerprint density at radius 2 is 1.97 bits per heavy atom. The van der Waals surface area contributed by atoms with Crippen LogP contribution in [0.2, 0.25) is 0 Å². The maximum absolute atomic E-state index is 14.1. The Bertz CT molecular complexity index is 1060. The Morgan fingerprint density at radius 3 is 2.77 bits per heavy atom. The second kappa shape index (κ2) is 7.43. The lowest BCUT2D eigenvalue weighted by Gasteiger charge is -2.34. The smallest absolute Gasteiger partial charge is 0.272 e. The summed E-state index contributed by atoms with van der Waals surface area (Å²) < 4.78 is 14.1. The SMILES string of the molecule is Cc1ccc(F)c2cc(C(=O)Nc3cccc(N4CCC5(CCNCC5)C4)c3)[nH]c12. The molecule has 2 aliphatic rings. The average Bonchev–Trinajstić information content (AvgIpc) is 3.38. The molecule has 5 rings (SSSR count). The van der Waals surface area contributed by atoms with Crippen LogP contribution in [0.4, 0.5) is 15.8 Å². The second-order valence-electron chi connectivity index (χ2n) is 8.76. The molecule has 3 N–H and O–H groups in total. The van der Waals surface area contributed by atoms with Gasteiger partial charge in [0.25, 0.3) is 5.91 Å². The van der Waals surface area contributed by atoms with E-state index >= 15 is 0 Å². The molecule has 0 radical (unpaired) electrons. The Balaban J connectivity index is 1.33. The molecule has 0 aliphatic carbocycles. The van der Waals surface area contributed by atoms with Crippen molar-refractivity contribution >= 4 is 28.2 Å². The minimum absolute atomic E-state index is 0.265. The number of carbonyl (C=O) groups is 1. The van der Waals surface area contributed by atoms with Gasteiger partial charge >= 0.3 is 0 Å². The van der Waals surface area contributed by atoms with E-state index < -0.39 is 0 Å². The molecule has 1 spiro atoms. The summed E-state index contributed by atoms with van der Waals surface area (Å²) in [5.74, 6) is -0.591. The number of carbonyl (C=O) groups excluding carboxylic acids is 1. The summed E-state index contributed by atoms with van der Waals surface area (Å²) in [5.41, 5.74) is 4.25. The zero-order chi connectivity index (χ0) is 20.7. The van der Waals surface area contributed by atoms with E-state index in [-0.39, 0.29) is 11.7 Å². The van der Waals surface area contributed by atoms with Gasteiger partial charge in [0.2, 0.25) is 0 Å². The number of aromatic nitrogens is 1. The molecule has 2 fully saturated rings. The number of benzene rings is 2. The van der Waals surface area contributed by atoms with Crippen LogP contribution in [0.5, 0.6) is 0 Å². The number of piperidine rings is 1. The number of hydrogen-bond acceptors (Lipinski definition) is 3. The fourth-order valence-electron chi connectivity index (χ4n) is 4.95. The largest absolute Gasteiger partial charge is 0.371 e. The third-order valence-electron chi connectivity index (χ3n) is 6.77. The van der Waals surface area contributed by atoms with Gasteiger partial charge in [-0.2, -0.15) is 0 Å². The van der Waals surface area contributed by atoms with Crippen molar-refractivity contribution in [2.45, 2.75) is 26.2 Å². The number of amides is 1. The zero-order valence-electron chi connectivity index (χ0n) is 17.2. The molecule has 5 nitrogen and oxygen atoms in total. The van der Waals surface area contributed by atoms with Gasteiger partial charge in [0.15, 0.2) is 0 Å². The van der Waals surface area contributed by atoms with Crippen molar-refractivity contribution in [3.8, 4) is 0 Å². The standard InChI is InChI=1S/C24H27FN4O/c1-16-5-6-20(25)19-14-21(28-22(16)19)23(30)27-17-3-2-4-18(13-17)29-12-9-24(15-29)7-10-26-11-8-24/h2-6,13-14,26,28H,7-12,15H2,1H3,(H,27,30). The average molecular weight is 407 g/mol. The van der Waals surface area contributed by atoms with Gasteiger partial charge in [-0.25, -0.2) is 4.39 Å². The third kappa shape index (κ3) is 3.45. The molecular weight excluding hydrogens is 379 g/mol. The Morgan fingerprint density at radius 1 is 1.13 bits per heavy atom. The molecule has 3 heterocycles. The van der Waals surface area contributed by atoms with Crippen LogP contribution in [-0.2, 0) is 0 Å². The van der Waals surface area contributed by atoms with Crippen LogP contribution in [-0.4, -0.2) is 37.1 Å². The number of H-pyrrole nitrogens is 1. The monoisotopic (exact) mass is 406 g/mol. The Kier molecular flexibility index (Phi) is 4.74. The van der Waals surface area contributed by atoms with Crippen LogP contribution >= 0.6 is 0 Å². The summed E-state index contributed by atoms with van der Waals surface area (Å²) in [4.78, 5) is 18.3. The first kappa shape index (κ1) is 19.1. The summed E-state index contributed by atoms with van der Waals surface area (Å²) in [6.07, 6.45) is 3.69. The molecule has 156 valence electrons. The van der Waals surface area contributed by atoms with Crippen LogP contribution in [0, 0.1) is 18.2 Å². The molecule has 0 bridgehead atoms. The summed E-state index contributed by atoms with van der Waals surface area (Å²) in [7, 11) is 0. The number of hydrogen-bond donors (Lipinski definition) is 3. The highest BCUT2D eigenvalue weighted by Crippen LogP contribution is 2.40. The molecule has 6 heteroatoms. The second-order valence-corrected chi connectivity index (χ2v) is 8.76. The Hall–Kier alpha value is -2.86. The number of anilines is 2. The lowest BCUT2D eigenvalue weighted by Crippen LogP contribution is -2.38. The summed E-state index contributed by atoms with van der Waals surface area (Å²) in [5, 5.41) is 6.87. The Labute approximate surface area is 175 Å². The normalized spacial score (nSPS) is 18.3. The molecule has 2 saturated heterocycles. The predicted molar refractivity (Wildman–Crippen MR) is 119 cm³/mol. The van der Waals surface area contributed by atoms with Gasteiger partial charge in [-0.05, 0) is 80.6 Å². The maximum Gasteiger partial charge on any atom is 0.272 e. The van der Waals surface area contributed by atoms with Gasteiger partial charge in [0.05, 0.1) is 5.52 Å². The van der Waals surface area contributed by atoms with E-state index in [1.807, 2.05) is 25.1 Å². The van der Waals surface area contributed by atoms with E-state index in [4.69, 9.17) is 0 Å². The highest BCUT2D eigenvalue weighted by atomic mass is 19.1. The number of fused-ring (bicyclic) bond motifs is 1. The zero-order valence-corrected chi connectivity index (χ0v) is 17.2. The number of rotatable bonds is 3. The first-order valence-electron chi connectivity index (χ1n) is 10.7. The first-order valence-corrected chi connectivity index (χ1v) is 10.7. The molecule has 2 aromatic carbocycles. The van der Waals surface area contributed by atoms with E-state index in [2.05, 4.69) is 26.6 Å². The van der Waals surface area contributed by atoms with Crippen LogP contribution in [0.3, 0.4) is 0 Å². The minimum atomic E-state index is -0.325. The van der Waals surface area contributed by atoms with Crippen molar-refractivity contribution in [2.75, 3.05) is 36.4 Å². The van der Waals surface area contributed by atoms with Crippen molar-refractivity contribution in [3.05, 3.63) is 59.5 Å². The van der Waals surface area contributed by atoms with Gasteiger partial charge in [-0.1, -0.05) is 12.1 Å². The highest BCUT2D eigenvalue weighted by molar-refractivity contribution is 6.06. The molecular formula is C24H27FN4O. The van der Waals surface area contributed by atoms with Gasteiger partial charge in [0.1, 0.15) is 11.5 Å². The molecule has 3 aromatic rings. The van der Waals surface area contributed by atoms with Gasteiger partial charge in [0, 0.05) is 29.9 Å². The first-order chi connectivity index (χ1) is 14.5. The van der Waals surface area contributed by atoms with Crippen molar-refractivity contribution < 1.29 is 9.18 Å². The van der Waals surface area contributed by atoms with Crippen LogP contribution < -0.4 is 15.5 Å². The minimum Gasteiger partial charge on any atom is -0.371 e. The van der Waals surface area contributed by atoms with Crippen LogP contribution in [0.15, 0.2) is 42.5 Å². The highest BCUT2D eigenvalue weighted by Gasteiger charge is 2.38. The number of aryl methyl sites for hydroxylation is 1. The third-order valence-corrected chi connectivity index (χ3v) is 6.77.